The van der Waals surface area contributed by atoms with Crippen molar-refractivity contribution < 1.29 is 24.4 Å². The second-order valence-electron chi connectivity index (χ2n) is 6.45. The van der Waals surface area contributed by atoms with Crippen molar-refractivity contribution in [1.82, 2.24) is 0 Å². The minimum atomic E-state index is -4.64. The summed E-state index contributed by atoms with van der Waals surface area (Å²) in [6, 6.07) is 0. The van der Waals surface area contributed by atoms with Gasteiger partial charge in [-0.05, 0) is 24.3 Å². The van der Waals surface area contributed by atoms with Crippen molar-refractivity contribution in [3.63, 3.8) is 0 Å². The molecule has 0 atom stereocenters. The van der Waals surface area contributed by atoms with E-state index in [9.17, 15) is 0 Å². The normalized spacial score (nSPS) is 11.2. The topological polar surface area (TPSA) is 98.0 Å². The summed E-state index contributed by atoms with van der Waals surface area (Å²) < 4.78 is 8.88. The lowest BCUT2D eigenvalue weighted by molar-refractivity contribution is 0.275. The summed E-state index contributed by atoms with van der Waals surface area (Å²) in [5, 5.41) is 8.67. The van der Waals surface area contributed by atoms with Crippen molar-refractivity contribution in [1.29, 1.82) is 0 Å². The molecule has 154 valence electrons. The Morgan fingerprint density at radius 3 is 1.32 bits per heavy atom. The Morgan fingerprint density at radius 2 is 0.960 bits per heavy atom. The number of thioether (sulfide) groups is 1. The van der Waals surface area contributed by atoms with E-state index in [1.807, 2.05) is 11.8 Å². The van der Waals surface area contributed by atoms with Crippen LogP contribution in [0.25, 0.3) is 0 Å². The zero-order valence-corrected chi connectivity index (χ0v) is 17.8. The summed E-state index contributed by atoms with van der Waals surface area (Å²) in [6.45, 7) is 2.64. The molecule has 0 aliphatic rings. The van der Waals surface area contributed by atoms with Gasteiger partial charge in [0.1, 0.15) is 0 Å². The predicted octanol–water partition coefficient (Wildman–Crippen LogP) is 5.26. The number of hydrogen-bond donors (Lipinski definition) is 4. The second-order valence-corrected chi connectivity index (χ2v) is 8.70. The van der Waals surface area contributed by atoms with E-state index >= 15 is 0 Å². The molecule has 0 spiro atoms. The molecule has 25 heavy (non-hydrogen) atoms. The fraction of sp³-hybridized carbons (Fsp3) is 1.00. The van der Waals surface area contributed by atoms with E-state index < -0.39 is 7.82 Å². The maximum atomic E-state index is 8.88. The maximum absolute atomic E-state index is 8.88. The molecule has 0 saturated carbocycles. The lowest BCUT2D eigenvalue weighted by Crippen LogP contribution is -1.88. The molecule has 0 rings (SSSR count). The van der Waals surface area contributed by atoms with Crippen LogP contribution < -0.4 is 0 Å². The number of aliphatic hydroxyl groups excluding tert-OH is 1. The van der Waals surface area contributed by atoms with Crippen LogP contribution in [0.2, 0.25) is 0 Å². The van der Waals surface area contributed by atoms with E-state index in [-0.39, 0.29) is 0 Å². The van der Waals surface area contributed by atoms with Gasteiger partial charge >= 0.3 is 7.82 Å². The molecule has 0 bridgehead atoms. The zero-order chi connectivity index (χ0) is 19.2. The third-order valence-electron chi connectivity index (χ3n) is 3.84. The number of unbranched alkanes of at least 4 members (excludes halogenated alkanes) is 12. The van der Waals surface area contributed by atoms with E-state index in [4.69, 9.17) is 24.4 Å². The molecule has 0 amide bonds. The zero-order valence-electron chi connectivity index (χ0n) is 16.1. The molecular formula is C18H41O5PS. The van der Waals surface area contributed by atoms with Crippen LogP contribution in [0.1, 0.15) is 96.8 Å². The average Bonchev–Trinajstić information content (AvgIpc) is 2.53. The highest BCUT2D eigenvalue weighted by molar-refractivity contribution is 7.99. The van der Waals surface area contributed by atoms with Crippen molar-refractivity contribution in [3.05, 3.63) is 0 Å². The van der Waals surface area contributed by atoms with Gasteiger partial charge in [0.25, 0.3) is 0 Å². The lowest BCUT2D eigenvalue weighted by Gasteiger charge is -2.03. The van der Waals surface area contributed by atoms with Crippen LogP contribution >= 0.6 is 19.6 Å². The standard InChI is InChI=1S/C18H38OS.H3O4P/c1-2-3-4-5-6-7-8-9-10-11-12-13-14-17-20-18-15-16-19;1-5(2,3)4/h19H,2-18H2,1H3;(H3,1,2,3,4). The number of aliphatic hydroxyl groups is 1. The molecular weight excluding hydrogens is 359 g/mol. The summed E-state index contributed by atoms with van der Waals surface area (Å²) in [6.07, 6.45) is 19.6. The van der Waals surface area contributed by atoms with Crippen LogP contribution in [0.4, 0.5) is 0 Å². The first-order chi connectivity index (χ1) is 11.9. The van der Waals surface area contributed by atoms with E-state index in [0.717, 1.165) is 12.2 Å². The van der Waals surface area contributed by atoms with Crippen LogP contribution in [0, 0.1) is 0 Å². The Kier molecular flexibility index (Phi) is 24.8. The van der Waals surface area contributed by atoms with Crippen LogP contribution in [0.5, 0.6) is 0 Å². The van der Waals surface area contributed by atoms with Gasteiger partial charge in [-0.25, -0.2) is 4.57 Å². The molecule has 7 heteroatoms. The Balaban J connectivity index is 0. The Bertz CT molecular complexity index is 260. The van der Waals surface area contributed by atoms with Gasteiger partial charge < -0.3 is 19.8 Å². The molecule has 4 N–H and O–H groups in total. The molecule has 0 unspecified atom stereocenters. The summed E-state index contributed by atoms with van der Waals surface area (Å²) >= 11 is 2.00. The van der Waals surface area contributed by atoms with Crippen LogP contribution in [0.15, 0.2) is 0 Å². The summed E-state index contributed by atoms with van der Waals surface area (Å²) in [7, 11) is -4.64. The van der Waals surface area contributed by atoms with E-state index in [1.54, 1.807) is 0 Å². The molecule has 0 aliphatic carbocycles. The van der Waals surface area contributed by atoms with Crippen LogP contribution in [-0.2, 0) is 4.57 Å². The number of rotatable bonds is 17. The minimum Gasteiger partial charge on any atom is -0.396 e. The fourth-order valence-electron chi connectivity index (χ4n) is 2.49. The molecule has 0 aromatic heterocycles. The van der Waals surface area contributed by atoms with Crippen molar-refractivity contribution in [2.24, 2.45) is 0 Å². The lowest BCUT2D eigenvalue weighted by atomic mass is 10.1. The Hall–Kier alpha value is 0.420. The van der Waals surface area contributed by atoms with Gasteiger partial charge in [0.05, 0.1) is 0 Å². The fourth-order valence-corrected chi connectivity index (χ4v) is 3.44. The molecule has 0 fully saturated rings. The van der Waals surface area contributed by atoms with E-state index in [0.29, 0.717) is 6.61 Å². The Morgan fingerprint density at radius 1 is 0.640 bits per heavy atom. The van der Waals surface area contributed by atoms with Crippen LogP contribution in [0.3, 0.4) is 0 Å². The highest BCUT2D eigenvalue weighted by Gasteiger charge is 2.00. The third-order valence-corrected chi connectivity index (χ3v) is 4.99. The molecule has 0 heterocycles. The van der Waals surface area contributed by atoms with Crippen molar-refractivity contribution in [2.75, 3.05) is 18.1 Å². The Labute approximate surface area is 159 Å². The van der Waals surface area contributed by atoms with E-state index in [1.165, 1.54) is 89.2 Å². The van der Waals surface area contributed by atoms with Gasteiger partial charge in [0, 0.05) is 6.61 Å². The molecule has 0 aromatic carbocycles. The second kappa shape index (κ2) is 22.5. The first-order valence-corrected chi connectivity index (χ1v) is 12.6. The largest absolute Gasteiger partial charge is 0.466 e. The molecule has 0 saturated heterocycles. The van der Waals surface area contributed by atoms with Gasteiger partial charge in [-0.2, -0.15) is 11.8 Å². The van der Waals surface area contributed by atoms with Crippen molar-refractivity contribution in [2.45, 2.75) is 96.8 Å². The third kappa shape index (κ3) is 40.5. The van der Waals surface area contributed by atoms with Gasteiger partial charge in [-0.3, -0.25) is 0 Å². The van der Waals surface area contributed by atoms with E-state index in [2.05, 4.69) is 6.92 Å². The summed E-state index contributed by atoms with van der Waals surface area (Å²) in [5.41, 5.74) is 0. The number of phosphoric acid groups is 1. The molecule has 0 aromatic rings. The van der Waals surface area contributed by atoms with Crippen molar-refractivity contribution >= 4 is 19.6 Å². The van der Waals surface area contributed by atoms with Gasteiger partial charge in [-0.15, -0.1) is 0 Å². The van der Waals surface area contributed by atoms with Crippen LogP contribution in [-0.4, -0.2) is 37.9 Å². The average molecular weight is 401 g/mol. The number of hydrogen-bond acceptors (Lipinski definition) is 3. The quantitative estimate of drug-likeness (QED) is 0.196. The summed E-state index contributed by atoms with van der Waals surface area (Å²) in [4.78, 5) is 21.6. The summed E-state index contributed by atoms with van der Waals surface area (Å²) in [5.74, 6) is 2.42. The van der Waals surface area contributed by atoms with Gasteiger partial charge in [0.2, 0.25) is 0 Å². The predicted molar refractivity (Wildman–Crippen MR) is 109 cm³/mol. The highest BCUT2D eigenvalue weighted by atomic mass is 32.2. The molecule has 0 aliphatic heterocycles. The molecule has 0 radical (unpaired) electrons. The first kappa shape index (κ1) is 27.6. The SMILES string of the molecule is CCCCCCCCCCCCCCCSCCCO.O=P(O)(O)O. The highest BCUT2D eigenvalue weighted by Crippen LogP contribution is 2.25. The van der Waals surface area contributed by atoms with Gasteiger partial charge in [0.15, 0.2) is 0 Å². The molecule has 5 nitrogen and oxygen atoms in total. The van der Waals surface area contributed by atoms with Gasteiger partial charge in [-0.1, -0.05) is 84.0 Å². The maximum Gasteiger partial charge on any atom is 0.466 e. The first-order valence-electron chi connectivity index (χ1n) is 9.88. The monoisotopic (exact) mass is 400 g/mol. The minimum absolute atomic E-state index is 0.353. The smallest absolute Gasteiger partial charge is 0.396 e. The van der Waals surface area contributed by atoms with Crippen molar-refractivity contribution in [3.8, 4) is 0 Å².